The summed E-state index contributed by atoms with van der Waals surface area (Å²) in [5, 5.41) is 3.22. The van der Waals surface area contributed by atoms with E-state index in [4.69, 9.17) is 0 Å². The third-order valence-corrected chi connectivity index (χ3v) is 6.87. The quantitative estimate of drug-likeness (QED) is 0.734. The lowest BCUT2D eigenvalue weighted by molar-refractivity contribution is -0.125. The number of rotatable bonds is 5. The molecule has 7 heteroatoms. The van der Waals surface area contributed by atoms with Crippen LogP contribution in [0, 0.1) is 5.92 Å². The lowest BCUT2D eigenvalue weighted by Gasteiger charge is -2.35. The Morgan fingerprint density at radius 3 is 2.66 bits per heavy atom. The van der Waals surface area contributed by atoms with Crippen molar-refractivity contribution in [1.82, 2.24) is 15.2 Å². The smallest absolute Gasteiger partial charge is 0.263 e. The van der Waals surface area contributed by atoms with Crippen LogP contribution in [0.5, 0.6) is 0 Å². The number of imide groups is 1. The molecule has 0 radical (unpaired) electrons. The summed E-state index contributed by atoms with van der Waals surface area (Å²) in [6.45, 7) is 1.54. The normalized spacial score (nSPS) is 21.2. The molecule has 1 atom stereocenters. The number of aromatic nitrogens is 1. The molecule has 1 aromatic heterocycles. The van der Waals surface area contributed by atoms with E-state index in [1.165, 1.54) is 17.7 Å². The van der Waals surface area contributed by atoms with Gasteiger partial charge in [-0.1, -0.05) is 25.0 Å². The fourth-order valence-electron chi connectivity index (χ4n) is 5.20. The molecule has 7 nitrogen and oxygen atoms in total. The van der Waals surface area contributed by atoms with Gasteiger partial charge < -0.3 is 10.2 Å². The number of carbonyl (C=O) groups excluding carboxylic acids is 3. The number of hydrogen-bond acceptors (Lipinski definition) is 5. The molecule has 3 heterocycles. The average molecular weight is 433 g/mol. The van der Waals surface area contributed by atoms with Gasteiger partial charge in [0.1, 0.15) is 0 Å². The Balaban J connectivity index is 1.35. The van der Waals surface area contributed by atoms with Crippen LogP contribution in [0.15, 0.2) is 42.7 Å². The minimum absolute atomic E-state index is 0.0982. The third-order valence-electron chi connectivity index (χ3n) is 6.87. The average Bonchev–Trinajstić information content (AvgIpc) is 3.42. The Labute approximate surface area is 187 Å². The van der Waals surface area contributed by atoms with Gasteiger partial charge in [-0.25, -0.2) is 0 Å². The first kappa shape index (κ1) is 20.7. The van der Waals surface area contributed by atoms with Crippen LogP contribution in [0.1, 0.15) is 64.8 Å². The van der Waals surface area contributed by atoms with E-state index in [2.05, 4.69) is 15.2 Å². The molecular weight excluding hydrogens is 404 g/mol. The molecule has 3 aliphatic rings. The SMILES string of the molecule is O=C(NC1CCCC1)[C@@H]1CCCN(c2cccc3c2C(=O)N(Cc2cccnc2)C3=O)C1. The molecule has 1 saturated heterocycles. The van der Waals surface area contributed by atoms with E-state index < -0.39 is 0 Å². The summed E-state index contributed by atoms with van der Waals surface area (Å²) in [5.74, 6) is -0.529. The van der Waals surface area contributed by atoms with Crippen LogP contribution in [-0.4, -0.2) is 46.7 Å². The van der Waals surface area contributed by atoms with E-state index in [1.807, 2.05) is 18.2 Å². The maximum Gasteiger partial charge on any atom is 0.263 e. The second-order valence-corrected chi connectivity index (χ2v) is 9.03. The van der Waals surface area contributed by atoms with Crippen molar-refractivity contribution >= 4 is 23.4 Å². The molecule has 1 aromatic carbocycles. The number of nitrogens with one attached hydrogen (secondary N) is 1. The zero-order valence-electron chi connectivity index (χ0n) is 18.1. The van der Waals surface area contributed by atoms with E-state index in [-0.39, 0.29) is 30.2 Å². The van der Waals surface area contributed by atoms with Crippen LogP contribution in [0.25, 0.3) is 0 Å². The van der Waals surface area contributed by atoms with Gasteiger partial charge in [-0.3, -0.25) is 24.3 Å². The van der Waals surface area contributed by atoms with Crippen LogP contribution in [0.2, 0.25) is 0 Å². The van der Waals surface area contributed by atoms with Crippen LogP contribution < -0.4 is 10.2 Å². The highest BCUT2D eigenvalue weighted by atomic mass is 16.2. The van der Waals surface area contributed by atoms with E-state index >= 15 is 0 Å². The van der Waals surface area contributed by atoms with Gasteiger partial charge in [0.15, 0.2) is 0 Å². The molecule has 2 fully saturated rings. The number of anilines is 1. The monoisotopic (exact) mass is 432 g/mol. The molecule has 0 spiro atoms. The molecule has 1 aliphatic carbocycles. The number of nitrogens with zero attached hydrogens (tertiary/aromatic N) is 3. The zero-order valence-corrected chi connectivity index (χ0v) is 18.1. The van der Waals surface area contributed by atoms with Crippen LogP contribution >= 0.6 is 0 Å². The summed E-state index contributed by atoms with van der Waals surface area (Å²) >= 11 is 0. The summed E-state index contributed by atoms with van der Waals surface area (Å²) in [7, 11) is 0. The number of fused-ring (bicyclic) bond motifs is 1. The van der Waals surface area contributed by atoms with Crippen molar-refractivity contribution in [3.8, 4) is 0 Å². The highest BCUT2D eigenvalue weighted by Gasteiger charge is 2.39. The first-order chi connectivity index (χ1) is 15.6. The number of pyridine rings is 1. The summed E-state index contributed by atoms with van der Waals surface area (Å²) in [6.07, 6.45) is 9.57. The highest BCUT2D eigenvalue weighted by Crippen LogP contribution is 2.34. The van der Waals surface area contributed by atoms with E-state index in [0.717, 1.165) is 43.5 Å². The number of benzene rings is 1. The van der Waals surface area contributed by atoms with Crippen molar-refractivity contribution in [2.24, 2.45) is 5.92 Å². The predicted molar refractivity (Wildman–Crippen MR) is 120 cm³/mol. The van der Waals surface area contributed by atoms with E-state index in [9.17, 15) is 14.4 Å². The fourth-order valence-corrected chi connectivity index (χ4v) is 5.20. The van der Waals surface area contributed by atoms with Crippen molar-refractivity contribution < 1.29 is 14.4 Å². The molecule has 3 amide bonds. The molecule has 1 saturated carbocycles. The summed E-state index contributed by atoms with van der Waals surface area (Å²) in [5.41, 5.74) is 2.46. The summed E-state index contributed by atoms with van der Waals surface area (Å²) in [6, 6.07) is 9.40. The second kappa shape index (κ2) is 8.73. The molecule has 5 rings (SSSR count). The van der Waals surface area contributed by atoms with Crippen LogP contribution in [-0.2, 0) is 11.3 Å². The summed E-state index contributed by atoms with van der Waals surface area (Å²) < 4.78 is 0. The Bertz CT molecular complexity index is 1030. The van der Waals surface area contributed by atoms with Gasteiger partial charge >= 0.3 is 0 Å². The molecule has 0 bridgehead atoms. The predicted octanol–water partition coefficient (Wildman–Crippen LogP) is 3.15. The Morgan fingerprint density at radius 2 is 1.88 bits per heavy atom. The minimum atomic E-state index is -0.276. The second-order valence-electron chi connectivity index (χ2n) is 9.03. The maximum atomic E-state index is 13.3. The van der Waals surface area contributed by atoms with Crippen molar-refractivity contribution in [3.05, 3.63) is 59.4 Å². The molecule has 1 N–H and O–H groups in total. The van der Waals surface area contributed by atoms with Crippen LogP contribution in [0.4, 0.5) is 5.69 Å². The van der Waals surface area contributed by atoms with Crippen LogP contribution in [0.3, 0.4) is 0 Å². The largest absolute Gasteiger partial charge is 0.370 e. The summed E-state index contributed by atoms with van der Waals surface area (Å²) in [4.78, 5) is 46.7. The van der Waals surface area contributed by atoms with Gasteiger partial charge in [-0.05, 0) is 49.4 Å². The van der Waals surface area contributed by atoms with Gasteiger partial charge in [0, 0.05) is 31.5 Å². The molecular formula is C25H28N4O3. The highest BCUT2D eigenvalue weighted by molar-refractivity contribution is 6.23. The third kappa shape index (κ3) is 3.87. The molecule has 0 unspecified atom stereocenters. The van der Waals surface area contributed by atoms with Crippen molar-refractivity contribution in [1.29, 1.82) is 0 Å². The van der Waals surface area contributed by atoms with Crippen molar-refractivity contribution in [2.45, 2.75) is 51.1 Å². The molecule has 166 valence electrons. The lowest BCUT2D eigenvalue weighted by atomic mass is 9.95. The number of carbonyl (C=O) groups is 3. The number of amides is 3. The topological polar surface area (TPSA) is 82.6 Å². The molecule has 2 aliphatic heterocycles. The Hall–Kier alpha value is -3.22. The first-order valence-electron chi connectivity index (χ1n) is 11.6. The number of piperidine rings is 1. The first-order valence-corrected chi connectivity index (χ1v) is 11.6. The van der Waals surface area contributed by atoms with Gasteiger partial charge in [0.05, 0.1) is 29.3 Å². The molecule has 32 heavy (non-hydrogen) atoms. The minimum Gasteiger partial charge on any atom is -0.370 e. The lowest BCUT2D eigenvalue weighted by Crippen LogP contribution is -2.45. The maximum absolute atomic E-state index is 13.3. The van der Waals surface area contributed by atoms with Crippen molar-refractivity contribution in [3.63, 3.8) is 0 Å². The standard InChI is InChI=1S/C25H28N4O3/c30-23(27-19-8-1-2-9-19)18-7-5-13-28(16-18)21-11-3-10-20-22(21)25(32)29(24(20)31)15-17-6-4-12-26-14-17/h3-4,6,10-12,14,18-19H,1-2,5,7-9,13,15-16H2,(H,27,30)/t18-/m1/s1. The van der Waals surface area contributed by atoms with E-state index in [0.29, 0.717) is 23.7 Å². The molecule has 2 aromatic rings. The Kier molecular flexibility index (Phi) is 5.64. The number of hydrogen-bond donors (Lipinski definition) is 1. The van der Waals surface area contributed by atoms with E-state index in [1.54, 1.807) is 24.5 Å². The fraction of sp³-hybridized carbons (Fsp3) is 0.440. The van der Waals surface area contributed by atoms with Gasteiger partial charge in [0.25, 0.3) is 11.8 Å². The van der Waals surface area contributed by atoms with Crippen molar-refractivity contribution in [2.75, 3.05) is 18.0 Å². The van der Waals surface area contributed by atoms with Gasteiger partial charge in [-0.2, -0.15) is 0 Å². The van der Waals surface area contributed by atoms with Gasteiger partial charge in [0.2, 0.25) is 5.91 Å². The zero-order chi connectivity index (χ0) is 22.1. The Morgan fingerprint density at radius 1 is 1.03 bits per heavy atom. The van der Waals surface area contributed by atoms with Gasteiger partial charge in [-0.15, -0.1) is 0 Å².